The lowest BCUT2D eigenvalue weighted by molar-refractivity contribution is 0.219. The van der Waals surface area contributed by atoms with Crippen molar-refractivity contribution in [3.63, 3.8) is 0 Å². The van der Waals surface area contributed by atoms with Crippen LogP contribution in [0.1, 0.15) is 11.5 Å². The molecule has 1 heterocycles. The molecule has 106 valence electrons. The highest BCUT2D eigenvalue weighted by Crippen LogP contribution is 2.22. The number of hydrogen-bond acceptors (Lipinski definition) is 3. The normalized spacial score (nSPS) is 10.4. The number of nitrogens with zero attached hydrogens (tertiary/aromatic N) is 2. The summed E-state index contributed by atoms with van der Waals surface area (Å²) in [6, 6.07) is 5.67. The second-order valence-electron chi connectivity index (χ2n) is 4.32. The summed E-state index contributed by atoms with van der Waals surface area (Å²) in [6.07, 6.45) is 0. The Morgan fingerprint density at radius 3 is 2.95 bits per heavy atom. The molecule has 20 heavy (non-hydrogen) atoms. The SMILES string of the molecule is Cc1cc(CN(C)C(=O)Nc2cccc(Cl)c2F)no1. The number of amides is 2. The van der Waals surface area contributed by atoms with Gasteiger partial charge in [-0.05, 0) is 19.1 Å². The van der Waals surface area contributed by atoms with E-state index in [1.54, 1.807) is 26.1 Å². The van der Waals surface area contributed by atoms with Crippen molar-refractivity contribution in [3.05, 3.63) is 46.6 Å². The quantitative estimate of drug-likeness (QED) is 0.944. The van der Waals surface area contributed by atoms with E-state index in [4.69, 9.17) is 16.1 Å². The molecule has 1 aromatic carbocycles. The molecule has 0 saturated heterocycles. The van der Waals surface area contributed by atoms with Crippen molar-refractivity contribution < 1.29 is 13.7 Å². The molecule has 0 aliphatic heterocycles. The second kappa shape index (κ2) is 5.92. The predicted octanol–water partition coefficient (Wildman–Crippen LogP) is 3.44. The van der Waals surface area contributed by atoms with E-state index < -0.39 is 11.8 Å². The zero-order valence-corrected chi connectivity index (χ0v) is 11.7. The molecule has 0 unspecified atom stereocenters. The number of halogens is 2. The second-order valence-corrected chi connectivity index (χ2v) is 4.72. The fourth-order valence-electron chi connectivity index (χ4n) is 1.62. The number of hydrogen-bond donors (Lipinski definition) is 1. The van der Waals surface area contributed by atoms with Gasteiger partial charge in [-0.15, -0.1) is 0 Å². The molecule has 2 rings (SSSR count). The van der Waals surface area contributed by atoms with Crippen molar-refractivity contribution in [3.8, 4) is 0 Å². The minimum absolute atomic E-state index is 0.0330. The lowest BCUT2D eigenvalue weighted by Gasteiger charge is -2.17. The van der Waals surface area contributed by atoms with Gasteiger partial charge in [0.15, 0.2) is 5.82 Å². The number of benzene rings is 1. The first kappa shape index (κ1) is 14.3. The van der Waals surface area contributed by atoms with E-state index in [-0.39, 0.29) is 17.3 Å². The molecule has 2 aromatic rings. The van der Waals surface area contributed by atoms with E-state index in [9.17, 15) is 9.18 Å². The van der Waals surface area contributed by atoms with E-state index in [1.165, 1.54) is 17.0 Å². The van der Waals surface area contributed by atoms with Crippen LogP contribution in [0.25, 0.3) is 0 Å². The average Bonchev–Trinajstić information content (AvgIpc) is 2.80. The van der Waals surface area contributed by atoms with Gasteiger partial charge >= 0.3 is 6.03 Å². The van der Waals surface area contributed by atoms with Crippen molar-refractivity contribution >= 4 is 23.3 Å². The summed E-state index contributed by atoms with van der Waals surface area (Å²) in [5, 5.41) is 6.19. The van der Waals surface area contributed by atoms with Crippen LogP contribution >= 0.6 is 11.6 Å². The maximum absolute atomic E-state index is 13.7. The minimum Gasteiger partial charge on any atom is -0.361 e. The standard InChI is InChI=1S/C13H13ClFN3O2/c1-8-6-9(17-20-8)7-18(2)13(19)16-11-5-3-4-10(14)12(11)15/h3-6H,7H2,1-2H3,(H,16,19). The molecule has 0 fully saturated rings. The summed E-state index contributed by atoms with van der Waals surface area (Å²) < 4.78 is 18.6. The highest BCUT2D eigenvalue weighted by Gasteiger charge is 2.14. The van der Waals surface area contributed by atoms with Gasteiger partial charge < -0.3 is 14.7 Å². The van der Waals surface area contributed by atoms with Gasteiger partial charge in [-0.2, -0.15) is 0 Å². The van der Waals surface area contributed by atoms with Crippen molar-refractivity contribution in [1.82, 2.24) is 10.1 Å². The first-order valence-electron chi connectivity index (χ1n) is 5.85. The van der Waals surface area contributed by atoms with Gasteiger partial charge in [-0.1, -0.05) is 22.8 Å². The molecule has 0 aliphatic carbocycles. The van der Waals surface area contributed by atoms with Crippen molar-refractivity contribution in [2.24, 2.45) is 0 Å². The average molecular weight is 298 g/mol. The van der Waals surface area contributed by atoms with Gasteiger partial charge in [0.1, 0.15) is 11.5 Å². The summed E-state index contributed by atoms with van der Waals surface area (Å²) >= 11 is 5.65. The number of urea groups is 1. The number of anilines is 1. The van der Waals surface area contributed by atoms with E-state index in [0.717, 1.165) is 0 Å². The van der Waals surface area contributed by atoms with Gasteiger partial charge in [0.25, 0.3) is 0 Å². The molecule has 0 radical (unpaired) electrons. The molecule has 0 aliphatic rings. The van der Waals surface area contributed by atoms with Crippen LogP contribution in [0, 0.1) is 12.7 Å². The largest absolute Gasteiger partial charge is 0.361 e. The lowest BCUT2D eigenvalue weighted by atomic mass is 10.3. The molecule has 5 nitrogen and oxygen atoms in total. The fraction of sp³-hybridized carbons (Fsp3) is 0.231. The summed E-state index contributed by atoms with van der Waals surface area (Å²) in [5.74, 6) is 0.00268. The summed E-state index contributed by atoms with van der Waals surface area (Å²) in [7, 11) is 1.57. The zero-order chi connectivity index (χ0) is 14.7. The number of carbonyl (C=O) groups is 1. The molecule has 0 saturated carbocycles. The monoisotopic (exact) mass is 297 g/mol. The first-order chi connectivity index (χ1) is 9.47. The smallest absolute Gasteiger partial charge is 0.322 e. The topological polar surface area (TPSA) is 58.4 Å². The molecule has 1 N–H and O–H groups in total. The number of aromatic nitrogens is 1. The van der Waals surface area contributed by atoms with Gasteiger partial charge in [0.2, 0.25) is 0 Å². The Bertz CT molecular complexity index is 630. The Hall–Kier alpha value is -2.08. The van der Waals surface area contributed by atoms with Gasteiger partial charge in [0, 0.05) is 13.1 Å². The van der Waals surface area contributed by atoms with Gasteiger partial charge in [-0.25, -0.2) is 9.18 Å². The number of aryl methyl sites for hydroxylation is 1. The summed E-state index contributed by atoms with van der Waals surface area (Å²) in [4.78, 5) is 13.3. The Morgan fingerprint density at radius 1 is 1.55 bits per heavy atom. The molecular weight excluding hydrogens is 285 g/mol. The van der Waals surface area contributed by atoms with E-state index >= 15 is 0 Å². The maximum atomic E-state index is 13.7. The van der Waals surface area contributed by atoms with Crippen LogP contribution in [-0.4, -0.2) is 23.1 Å². The van der Waals surface area contributed by atoms with Crippen LogP contribution in [0.4, 0.5) is 14.9 Å². The third-order valence-electron chi connectivity index (χ3n) is 2.62. The highest BCUT2D eigenvalue weighted by molar-refractivity contribution is 6.31. The van der Waals surface area contributed by atoms with Gasteiger partial charge in [-0.3, -0.25) is 0 Å². The van der Waals surface area contributed by atoms with Crippen LogP contribution in [0.3, 0.4) is 0 Å². The molecule has 7 heteroatoms. The van der Waals surface area contributed by atoms with Crippen molar-refractivity contribution in [2.45, 2.75) is 13.5 Å². The van der Waals surface area contributed by atoms with Crippen LogP contribution in [0.15, 0.2) is 28.8 Å². The summed E-state index contributed by atoms with van der Waals surface area (Å²) in [6.45, 7) is 2.02. The Labute approximate surface area is 120 Å². The highest BCUT2D eigenvalue weighted by atomic mass is 35.5. The van der Waals surface area contributed by atoms with Crippen LogP contribution in [0.5, 0.6) is 0 Å². The third-order valence-corrected chi connectivity index (χ3v) is 2.91. The van der Waals surface area contributed by atoms with E-state index in [1.807, 2.05) is 0 Å². The fourth-order valence-corrected chi connectivity index (χ4v) is 1.79. The Morgan fingerprint density at radius 2 is 2.30 bits per heavy atom. The maximum Gasteiger partial charge on any atom is 0.322 e. The predicted molar refractivity (Wildman–Crippen MR) is 73.1 cm³/mol. The first-order valence-corrected chi connectivity index (χ1v) is 6.23. The molecule has 2 amide bonds. The molecular formula is C13H13ClFN3O2. The Kier molecular flexibility index (Phi) is 4.24. The number of nitrogens with one attached hydrogen (secondary N) is 1. The van der Waals surface area contributed by atoms with Crippen molar-refractivity contribution in [1.29, 1.82) is 0 Å². The molecule has 0 atom stereocenters. The van der Waals surface area contributed by atoms with Crippen LogP contribution in [0.2, 0.25) is 5.02 Å². The molecule has 0 spiro atoms. The minimum atomic E-state index is -0.659. The Balaban J connectivity index is 2.02. The number of rotatable bonds is 3. The lowest BCUT2D eigenvalue weighted by Crippen LogP contribution is -2.31. The van der Waals surface area contributed by atoms with Crippen LogP contribution < -0.4 is 5.32 Å². The van der Waals surface area contributed by atoms with E-state index in [0.29, 0.717) is 11.5 Å². The van der Waals surface area contributed by atoms with Crippen molar-refractivity contribution in [2.75, 3.05) is 12.4 Å². The summed E-state index contributed by atoms with van der Waals surface area (Å²) in [5.41, 5.74) is 0.650. The number of carbonyl (C=O) groups excluding carboxylic acids is 1. The van der Waals surface area contributed by atoms with Gasteiger partial charge in [0.05, 0.1) is 17.3 Å². The van der Waals surface area contributed by atoms with Crippen LogP contribution in [-0.2, 0) is 6.54 Å². The molecule has 1 aromatic heterocycles. The van der Waals surface area contributed by atoms with E-state index in [2.05, 4.69) is 10.5 Å². The zero-order valence-electron chi connectivity index (χ0n) is 11.0. The molecule has 0 bridgehead atoms. The third kappa shape index (κ3) is 3.27.